The van der Waals surface area contributed by atoms with Gasteiger partial charge in [0.25, 0.3) is 0 Å². The van der Waals surface area contributed by atoms with Gasteiger partial charge in [-0.15, -0.1) is 0 Å². The first-order valence-corrected chi connectivity index (χ1v) is 8.00. The van der Waals surface area contributed by atoms with Gasteiger partial charge in [0, 0.05) is 17.5 Å². The Balaban J connectivity index is 1.90. The Bertz CT molecular complexity index is 477. The van der Waals surface area contributed by atoms with Crippen molar-refractivity contribution in [1.29, 1.82) is 0 Å². The SMILES string of the molecule is COc1cc2c(cc1CCCCNC(C)(C)C)OC(C)C2. The second-order valence-electron chi connectivity index (χ2n) is 7.04. The van der Waals surface area contributed by atoms with Crippen LogP contribution in [0.15, 0.2) is 12.1 Å². The van der Waals surface area contributed by atoms with Crippen LogP contribution in [0.2, 0.25) is 0 Å². The molecule has 3 heteroatoms. The lowest BCUT2D eigenvalue weighted by Gasteiger charge is -2.20. The van der Waals surface area contributed by atoms with Gasteiger partial charge < -0.3 is 14.8 Å². The average molecular weight is 291 g/mol. The van der Waals surface area contributed by atoms with Crippen molar-refractivity contribution in [3.05, 3.63) is 23.3 Å². The Morgan fingerprint density at radius 1 is 1.29 bits per heavy atom. The summed E-state index contributed by atoms with van der Waals surface area (Å²) in [4.78, 5) is 0. The Hall–Kier alpha value is -1.22. The van der Waals surface area contributed by atoms with Gasteiger partial charge in [-0.3, -0.25) is 0 Å². The van der Waals surface area contributed by atoms with Gasteiger partial charge in [0.15, 0.2) is 0 Å². The topological polar surface area (TPSA) is 30.5 Å². The van der Waals surface area contributed by atoms with E-state index < -0.39 is 0 Å². The van der Waals surface area contributed by atoms with Crippen molar-refractivity contribution in [3.63, 3.8) is 0 Å². The summed E-state index contributed by atoms with van der Waals surface area (Å²) in [6, 6.07) is 4.33. The maximum atomic E-state index is 5.85. The van der Waals surface area contributed by atoms with Gasteiger partial charge in [-0.05, 0) is 71.2 Å². The minimum atomic E-state index is 0.204. The third kappa shape index (κ3) is 4.63. The first-order chi connectivity index (χ1) is 9.89. The van der Waals surface area contributed by atoms with E-state index in [1.165, 1.54) is 17.5 Å². The molecule has 118 valence electrons. The molecule has 0 fully saturated rings. The zero-order valence-electron chi connectivity index (χ0n) is 14.1. The van der Waals surface area contributed by atoms with E-state index in [1.54, 1.807) is 7.11 Å². The van der Waals surface area contributed by atoms with Crippen LogP contribution >= 0.6 is 0 Å². The molecule has 1 aliphatic heterocycles. The summed E-state index contributed by atoms with van der Waals surface area (Å²) in [5, 5.41) is 3.53. The molecule has 2 rings (SSSR count). The van der Waals surface area contributed by atoms with E-state index in [4.69, 9.17) is 9.47 Å². The number of rotatable bonds is 6. The second kappa shape index (κ2) is 6.69. The summed E-state index contributed by atoms with van der Waals surface area (Å²) < 4.78 is 11.4. The van der Waals surface area contributed by atoms with Crippen LogP contribution in [-0.2, 0) is 12.8 Å². The molecular formula is C18H29NO2. The zero-order chi connectivity index (χ0) is 15.5. The van der Waals surface area contributed by atoms with Crippen molar-refractivity contribution in [2.24, 2.45) is 0 Å². The Kier molecular flexibility index (Phi) is 5.15. The van der Waals surface area contributed by atoms with Gasteiger partial charge in [-0.1, -0.05) is 0 Å². The molecule has 0 spiro atoms. The molecule has 21 heavy (non-hydrogen) atoms. The van der Waals surface area contributed by atoms with E-state index in [9.17, 15) is 0 Å². The van der Waals surface area contributed by atoms with Crippen molar-refractivity contribution in [1.82, 2.24) is 5.32 Å². The first kappa shape index (κ1) is 16.2. The fourth-order valence-electron chi connectivity index (χ4n) is 2.77. The zero-order valence-corrected chi connectivity index (χ0v) is 14.1. The van der Waals surface area contributed by atoms with Crippen LogP contribution in [0.1, 0.15) is 51.7 Å². The summed E-state index contributed by atoms with van der Waals surface area (Å²) >= 11 is 0. The van der Waals surface area contributed by atoms with Gasteiger partial charge in [0.1, 0.15) is 17.6 Å². The number of benzene rings is 1. The van der Waals surface area contributed by atoms with E-state index in [-0.39, 0.29) is 11.6 Å². The molecule has 3 nitrogen and oxygen atoms in total. The fourth-order valence-corrected chi connectivity index (χ4v) is 2.77. The van der Waals surface area contributed by atoms with Gasteiger partial charge in [-0.2, -0.15) is 0 Å². The molecule has 0 saturated heterocycles. The lowest BCUT2D eigenvalue weighted by atomic mass is 10.0. The molecule has 1 N–H and O–H groups in total. The van der Waals surface area contributed by atoms with Crippen molar-refractivity contribution < 1.29 is 9.47 Å². The van der Waals surface area contributed by atoms with E-state index >= 15 is 0 Å². The van der Waals surface area contributed by atoms with Crippen LogP contribution in [0.5, 0.6) is 11.5 Å². The van der Waals surface area contributed by atoms with Crippen molar-refractivity contribution in [2.75, 3.05) is 13.7 Å². The summed E-state index contributed by atoms with van der Waals surface area (Å²) in [7, 11) is 1.76. The highest BCUT2D eigenvalue weighted by molar-refractivity contribution is 5.48. The molecule has 0 amide bonds. The van der Waals surface area contributed by atoms with E-state index in [0.29, 0.717) is 0 Å². The Morgan fingerprint density at radius 3 is 2.71 bits per heavy atom. The quantitative estimate of drug-likeness (QED) is 0.810. The fraction of sp³-hybridized carbons (Fsp3) is 0.667. The van der Waals surface area contributed by atoms with Crippen LogP contribution in [0, 0.1) is 0 Å². The van der Waals surface area contributed by atoms with Gasteiger partial charge >= 0.3 is 0 Å². The number of methoxy groups -OCH3 is 1. The van der Waals surface area contributed by atoms with Crippen molar-refractivity contribution >= 4 is 0 Å². The highest BCUT2D eigenvalue weighted by atomic mass is 16.5. The molecule has 1 aliphatic rings. The van der Waals surface area contributed by atoms with Crippen molar-refractivity contribution in [3.8, 4) is 11.5 Å². The number of ether oxygens (including phenoxy) is 2. The smallest absolute Gasteiger partial charge is 0.123 e. The van der Waals surface area contributed by atoms with Crippen LogP contribution in [-0.4, -0.2) is 25.3 Å². The third-order valence-electron chi connectivity index (χ3n) is 3.83. The van der Waals surface area contributed by atoms with E-state index in [1.807, 2.05) is 0 Å². The standard InChI is InChI=1S/C18H29NO2/c1-13-10-15-12-16(20-5)14(11-17(15)21-13)8-6-7-9-19-18(2,3)4/h11-13,19H,6-10H2,1-5H3. The lowest BCUT2D eigenvalue weighted by Crippen LogP contribution is -2.36. The predicted octanol–water partition coefficient (Wildman–Crippen LogP) is 3.73. The number of hydrogen-bond donors (Lipinski definition) is 1. The monoisotopic (exact) mass is 291 g/mol. The first-order valence-electron chi connectivity index (χ1n) is 8.00. The molecule has 0 radical (unpaired) electrons. The molecule has 1 aromatic carbocycles. The molecule has 1 atom stereocenters. The maximum Gasteiger partial charge on any atom is 0.123 e. The summed E-state index contributed by atoms with van der Waals surface area (Å²) in [6.45, 7) is 9.79. The summed E-state index contributed by atoms with van der Waals surface area (Å²) in [5.41, 5.74) is 2.74. The van der Waals surface area contributed by atoms with Gasteiger partial charge in [0.2, 0.25) is 0 Å². The van der Waals surface area contributed by atoms with E-state index in [2.05, 4.69) is 45.1 Å². The molecule has 0 bridgehead atoms. The molecule has 0 aliphatic carbocycles. The Morgan fingerprint density at radius 2 is 2.05 bits per heavy atom. The van der Waals surface area contributed by atoms with Crippen LogP contribution < -0.4 is 14.8 Å². The lowest BCUT2D eigenvalue weighted by molar-refractivity contribution is 0.254. The largest absolute Gasteiger partial charge is 0.496 e. The number of fused-ring (bicyclic) bond motifs is 1. The highest BCUT2D eigenvalue weighted by Crippen LogP contribution is 2.35. The van der Waals surface area contributed by atoms with Crippen molar-refractivity contribution in [2.45, 2.75) is 65.0 Å². The normalized spacial score (nSPS) is 17.5. The average Bonchev–Trinajstić information content (AvgIpc) is 2.75. The minimum Gasteiger partial charge on any atom is -0.496 e. The van der Waals surface area contributed by atoms with E-state index in [0.717, 1.165) is 37.3 Å². The van der Waals surface area contributed by atoms with Gasteiger partial charge in [-0.25, -0.2) is 0 Å². The van der Waals surface area contributed by atoms with Crippen LogP contribution in [0.4, 0.5) is 0 Å². The number of nitrogens with one attached hydrogen (secondary N) is 1. The maximum absolute atomic E-state index is 5.85. The highest BCUT2D eigenvalue weighted by Gasteiger charge is 2.21. The predicted molar refractivity (Wildman–Crippen MR) is 87.5 cm³/mol. The van der Waals surface area contributed by atoms with Gasteiger partial charge in [0.05, 0.1) is 7.11 Å². The molecule has 0 aromatic heterocycles. The number of aryl methyl sites for hydroxylation is 1. The van der Waals surface area contributed by atoms with Crippen LogP contribution in [0.25, 0.3) is 0 Å². The summed E-state index contributed by atoms with van der Waals surface area (Å²) in [5.74, 6) is 2.06. The molecule has 1 heterocycles. The number of unbranched alkanes of at least 4 members (excludes halogenated alkanes) is 1. The second-order valence-corrected chi connectivity index (χ2v) is 7.04. The Labute approximate surface area is 129 Å². The molecule has 1 unspecified atom stereocenters. The molecular weight excluding hydrogens is 262 g/mol. The molecule has 0 saturated carbocycles. The van der Waals surface area contributed by atoms with Crippen LogP contribution in [0.3, 0.4) is 0 Å². The third-order valence-corrected chi connectivity index (χ3v) is 3.83. The summed E-state index contributed by atoms with van der Waals surface area (Å²) in [6.07, 6.45) is 4.65. The number of hydrogen-bond acceptors (Lipinski definition) is 3. The molecule has 1 aromatic rings. The minimum absolute atomic E-state index is 0.204.